The molecule has 0 bridgehead atoms. The number of hydrogen-bond acceptors (Lipinski definition) is 9. The van der Waals surface area contributed by atoms with E-state index in [-0.39, 0.29) is 0 Å². The highest BCUT2D eigenvalue weighted by Crippen LogP contribution is 2.25. The minimum atomic E-state index is 0.422. The van der Waals surface area contributed by atoms with E-state index in [1.165, 1.54) is 44.1 Å². The number of nitrogens with one attached hydrogen (secondary N) is 5. The van der Waals surface area contributed by atoms with Gasteiger partial charge < -0.3 is 26.6 Å². The van der Waals surface area contributed by atoms with Gasteiger partial charge in [0.25, 0.3) is 0 Å². The largest absolute Gasteiger partial charge is 0.367 e. The Morgan fingerprint density at radius 2 is 1.79 bits per heavy atom. The molecule has 1 aromatic carbocycles. The summed E-state index contributed by atoms with van der Waals surface area (Å²) in [6.07, 6.45) is 13.3. The molecule has 212 valence electrons. The molecule has 0 amide bonds. The lowest BCUT2D eigenvalue weighted by Gasteiger charge is -2.25. The Morgan fingerprint density at radius 1 is 0.949 bits per heavy atom. The predicted molar refractivity (Wildman–Crippen MR) is 158 cm³/mol. The lowest BCUT2D eigenvalue weighted by Crippen LogP contribution is -2.35. The van der Waals surface area contributed by atoms with Crippen molar-refractivity contribution >= 4 is 22.7 Å². The molecule has 39 heavy (non-hydrogen) atoms. The third-order valence-electron chi connectivity index (χ3n) is 7.86. The van der Waals surface area contributed by atoms with Crippen LogP contribution in [0.1, 0.15) is 69.0 Å². The summed E-state index contributed by atoms with van der Waals surface area (Å²) >= 11 is 0. The fraction of sp³-hybridized carbons (Fsp3) is 0.655. The highest BCUT2D eigenvalue weighted by atomic mass is 15.4. The number of nitrogens with zero attached hydrogens (tertiary/aromatic N) is 5. The molecule has 5 N–H and O–H groups in total. The van der Waals surface area contributed by atoms with E-state index in [9.17, 15) is 0 Å². The minimum Gasteiger partial charge on any atom is -0.367 e. The van der Waals surface area contributed by atoms with Crippen molar-refractivity contribution in [3.05, 3.63) is 35.7 Å². The first-order valence-electron chi connectivity index (χ1n) is 15.1. The maximum Gasteiger partial charge on any atom is 0.225 e. The lowest BCUT2D eigenvalue weighted by molar-refractivity contribution is 0.371. The lowest BCUT2D eigenvalue weighted by atomic mass is 9.95. The molecule has 1 aliphatic carbocycles. The van der Waals surface area contributed by atoms with Gasteiger partial charge in [-0.05, 0) is 95.9 Å². The Hall–Kier alpha value is -2.82. The van der Waals surface area contributed by atoms with E-state index < -0.39 is 0 Å². The Kier molecular flexibility index (Phi) is 10.3. The molecule has 0 unspecified atom stereocenters. The van der Waals surface area contributed by atoms with Crippen molar-refractivity contribution in [2.75, 3.05) is 43.4 Å². The number of hydrogen-bond donors (Lipinski definition) is 5. The third kappa shape index (κ3) is 8.58. The van der Waals surface area contributed by atoms with E-state index in [1.54, 1.807) is 0 Å². The Labute approximate surface area is 232 Å². The molecule has 1 aliphatic heterocycles. The summed E-state index contributed by atoms with van der Waals surface area (Å²) in [5.41, 5.74) is 3.02. The highest BCUT2D eigenvalue weighted by molar-refractivity contribution is 5.90. The van der Waals surface area contributed by atoms with Crippen molar-refractivity contribution in [3.63, 3.8) is 0 Å². The molecule has 10 heteroatoms. The van der Waals surface area contributed by atoms with Gasteiger partial charge in [-0.15, -0.1) is 5.10 Å². The summed E-state index contributed by atoms with van der Waals surface area (Å²) in [5, 5.41) is 27.5. The van der Waals surface area contributed by atoms with Gasteiger partial charge in [-0.2, -0.15) is 4.98 Å². The summed E-state index contributed by atoms with van der Waals surface area (Å²) < 4.78 is 1.93. The normalized spacial score (nSPS) is 17.1. The molecular formula is C29H46N10. The summed E-state index contributed by atoms with van der Waals surface area (Å²) in [6, 6.07) is 7.53. The number of aromatic nitrogens is 5. The molecule has 2 fully saturated rings. The van der Waals surface area contributed by atoms with Crippen molar-refractivity contribution in [2.24, 2.45) is 0 Å². The zero-order valence-corrected chi connectivity index (χ0v) is 23.5. The number of aryl methyl sites for hydroxylation is 2. The zero-order valence-electron chi connectivity index (χ0n) is 23.5. The van der Waals surface area contributed by atoms with Crippen LogP contribution in [-0.2, 0) is 13.1 Å². The van der Waals surface area contributed by atoms with Gasteiger partial charge in [0.05, 0.1) is 18.3 Å². The number of piperidine rings is 1. The molecule has 5 rings (SSSR count). The second-order valence-electron chi connectivity index (χ2n) is 11.2. The van der Waals surface area contributed by atoms with E-state index >= 15 is 0 Å². The summed E-state index contributed by atoms with van der Waals surface area (Å²) in [6.45, 7) is 8.74. The second kappa shape index (κ2) is 14.5. The minimum absolute atomic E-state index is 0.422. The molecule has 2 aromatic heterocycles. The van der Waals surface area contributed by atoms with E-state index in [0.29, 0.717) is 18.5 Å². The molecule has 3 aromatic rings. The van der Waals surface area contributed by atoms with Gasteiger partial charge in [0.1, 0.15) is 11.5 Å². The van der Waals surface area contributed by atoms with Gasteiger partial charge in [0.15, 0.2) is 0 Å². The first-order valence-corrected chi connectivity index (χ1v) is 15.1. The van der Waals surface area contributed by atoms with Crippen molar-refractivity contribution in [3.8, 4) is 0 Å². The van der Waals surface area contributed by atoms with Gasteiger partial charge in [0.2, 0.25) is 5.95 Å². The number of anilines is 2. The molecule has 10 nitrogen and oxygen atoms in total. The van der Waals surface area contributed by atoms with Crippen LogP contribution in [-0.4, -0.2) is 69.8 Å². The average Bonchev–Trinajstić information content (AvgIpc) is 3.42. The summed E-state index contributed by atoms with van der Waals surface area (Å²) in [7, 11) is 0. The van der Waals surface area contributed by atoms with Crippen molar-refractivity contribution in [1.29, 1.82) is 0 Å². The topological polar surface area (TPSA) is 117 Å². The standard InChI is InChI=1S/C29H46N10/c1-22-9-10-26-27(19-22)35-29(36-28(26)34-24-11-16-31-17-12-24)33-20-25-21-39(38-37-25)18-6-14-30-13-5-15-32-23-7-3-2-4-8-23/h9-10,19,21,23-24,30-32H,2-8,11-18,20H2,1H3,(H2,33,34,35,36). The van der Waals surface area contributed by atoms with Crippen molar-refractivity contribution in [2.45, 2.75) is 89.9 Å². The van der Waals surface area contributed by atoms with Gasteiger partial charge in [-0.1, -0.05) is 30.5 Å². The summed E-state index contributed by atoms with van der Waals surface area (Å²) in [4.78, 5) is 9.63. The van der Waals surface area contributed by atoms with Crippen LogP contribution in [0.3, 0.4) is 0 Å². The van der Waals surface area contributed by atoms with Crippen LogP contribution in [0.4, 0.5) is 11.8 Å². The maximum absolute atomic E-state index is 4.84. The molecule has 1 saturated carbocycles. The maximum atomic E-state index is 4.84. The van der Waals surface area contributed by atoms with Gasteiger partial charge in [-0.25, -0.2) is 4.98 Å². The average molecular weight is 535 g/mol. The quantitative estimate of drug-likeness (QED) is 0.198. The molecule has 0 radical (unpaired) electrons. The van der Waals surface area contributed by atoms with Crippen LogP contribution in [0.5, 0.6) is 0 Å². The first-order chi connectivity index (χ1) is 19.2. The third-order valence-corrected chi connectivity index (χ3v) is 7.86. The van der Waals surface area contributed by atoms with E-state index in [2.05, 4.69) is 62.0 Å². The smallest absolute Gasteiger partial charge is 0.225 e. The van der Waals surface area contributed by atoms with Gasteiger partial charge >= 0.3 is 0 Å². The molecule has 0 spiro atoms. The molecule has 3 heterocycles. The van der Waals surface area contributed by atoms with E-state index in [4.69, 9.17) is 9.97 Å². The van der Waals surface area contributed by atoms with Crippen LogP contribution in [0.2, 0.25) is 0 Å². The number of fused-ring (bicyclic) bond motifs is 1. The van der Waals surface area contributed by atoms with Crippen molar-refractivity contribution < 1.29 is 0 Å². The number of rotatable bonds is 14. The van der Waals surface area contributed by atoms with Gasteiger partial charge in [0, 0.05) is 24.0 Å². The van der Waals surface area contributed by atoms with E-state index in [1.807, 2.05) is 10.9 Å². The molecule has 2 aliphatic rings. The van der Waals surface area contributed by atoms with Crippen LogP contribution in [0, 0.1) is 6.92 Å². The Morgan fingerprint density at radius 3 is 2.67 bits per heavy atom. The van der Waals surface area contributed by atoms with E-state index in [0.717, 1.165) is 87.0 Å². The fourth-order valence-corrected chi connectivity index (χ4v) is 5.60. The first kappa shape index (κ1) is 27.7. The van der Waals surface area contributed by atoms with Crippen LogP contribution < -0.4 is 26.6 Å². The Balaban J connectivity index is 1.05. The molecule has 0 atom stereocenters. The molecular weight excluding hydrogens is 488 g/mol. The highest BCUT2D eigenvalue weighted by Gasteiger charge is 2.16. The van der Waals surface area contributed by atoms with Crippen LogP contribution in [0.15, 0.2) is 24.4 Å². The monoisotopic (exact) mass is 534 g/mol. The SMILES string of the molecule is Cc1ccc2c(NC3CCNCC3)nc(NCc3cn(CCCNCCCNC4CCCCC4)nn3)nc2c1. The molecule has 1 saturated heterocycles. The fourth-order valence-electron chi connectivity index (χ4n) is 5.60. The Bertz CT molecular complexity index is 1150. The number of benzene rings is 1. The zero-order chi connectivity index (χ0) is 26.7. The van der Waals surface area contributed by atoms with Crippen LogP contribution in [0.25, 0.3) is 10.9 Å². The second-order valence-corrected chi connectivity index (χ2v) is 11.2. The van der Waals surface area contributed by atoms with Crippen LogP contribution >= 0.6 is 0 Å². The van der Waals surface area contributed by atoms with Crippen molar-refractivity contribution in [1.82, 2.24) is 40.9 Å². The van der Waals surface area contributed by atoms with Gasteiger partial charge in [-0.3, -0.25) is 4.68 Å². The summed E-state index contributed by atoms with van der Waals surface area (Å²) in [5.74, 6) is 1.51. The predicted octanol–water partition coefficient (Wildman–Crippen LogP) is 3.60.